The van der Waals surface area contributed by atoms with Gasteiger partial charge >= 0.3 is 0 Å². The molecule has 0 radical (unpaired) electrons. The highest BCUT2D eigenvalue weighted by Gasteiger charge is 2.26. The largest absolute Gasteiger partial charge is 0.472 e. The van der Waals surface area contributed by atoms with Gasteiger partial charge in [0, 0.05) is 38.0 Å². The van der Waals surface area contributed by atoms with Crippen LogP contribution in [-0.4, -0.2) is 62.0 Å². The minimum Gasteiger partial charge on any atom is -0.472 e. The summed E-state index contributed by atoms with van der Waals surface area (Å²) in [5, 5.41) is 12.9. The lowest BCUT2D eigenvalue weighted by Crippen LogP contribution is -2.47. The SMILES string of the molecule is CCn1cnc2c(NCc3ccc(-c4ccoc4)nc3)nc(N3CCOC[C@H]3CCO)nc21. The Bertz CT molecular complexity index is 1190. The van der Waals surface area contributed by atoms with E-state index in [-0.39, 0.29) is 12.6 Å². The van der Waals surface area contributed by atoms with Gasteiger partial charge in [-0.1, -0.05) is 6.07 Å². The lowest BCUT2D eigenvalue weighted by Gasteiger charge is -2.35. The fraction of sp³-hybridized carbons (Fsp3) is 0.391. The maximum atomic E-state index is 9.49. The molecule has 0 aromatic carbocycles. The first-order chi connectivity index (χ1) is 16.3. The predicted molar refractivity (Wildman–Crippen MR) is 124 cm³/mol. The number of pyridine rings is 1. The molecule has 1 saturated heterocycles. The molecule has 10 nitrogen and oxygen atoms in total. The molecule has 0 aliphatic carbocycles. The molecule has 0 spiro atoms. The average molecular weight is 450 g/mol. The number of morpholine rings is 1. The number of fused-ring (bicyclic) bond motifs is 1. The Kier molecular flexibility index (Phi) is 6.18. The summed E-state index contributed by atoms with van der Waals surface area (Å²) in [4.78, 5) is 20.9. The number of hydrogen-bond acceptors (Lipinski definition) is 9. The number of aliphatic hydroxyl groups excluding tert-OH is 1. The number of aromatic nitrogens is 5. The molecule has 1 aliphatic rings. The molecule has 172 valence electrons. The second-order valence-corrected chi connectivity index (χ2v) is 7.93. The third kappa shape index (κ3) is 4.39. The lowest BCUT2D eigenvalue weighted by atomic mass is 10.2. The van der Waals surface area contributed by atoms with Crippen LogP contribution in [0.15, 0.2) is 47.7 Å². The Balaban J connectivity index is 1.42. The molecule has 10 heteroatoms. The van der Waals surface area contributed by atoms with Crippen molar-refractivity contribution in [3.63, 3.8) is 0 Å². The number of aryl methyl sites for hydroxylation is 1. The molecule has 0 bridgehead atoms. The zero-order valence-corrected chi connectivity index (χ0v) is 18.5. The molecule has 0 amide bonds. The number of rotatable bonds is 8. The third-order valence-electron chi connectivity index (χ3n) is 5.84. The van der Waals surface area contributed by atoms with Crippen molar-refractivity contribution in [2.75, 3.05) is 36.6 Å². The highest BCUT2D eigenvalue weighted by molar-refractivity contribution is 5.84. The molecule has 2 N–H and O–H groups in total. The van der Waals surface area contributed by atoms with E-state index in [2.05, 4.69) is 27.1 Å². The summed E-state index contributed by atoms with van der Waals surface area (Å²) in [5.41, 5.74) is 4.35. The molecule has 1 atom stereocenters. The van der Waals surface area contributed by atoms with E-state index in [0.717, 1.165) is 34.5 Å². The Labute approximate surface area is 191 Å². The van der Waals surface area contributed by atoms with Crippen molar-refractivity contribution in [3.05, 3.63) is 48.8 Å². The minimum absolute atomic E-state index is 0.0340. The van der Waals surface area contributed by atoms with E-state index in [9.17, 15) is 5.11 Å². The van der Waals surface area contributed by atoms with Gasteiger partial charge in [-0.2, -0.15) is 9.97 Å². The van der Waals surface area contributed by atoms with Crippen LogP contribution < -0.4 is 10.2 Å². The van der Waals surface area contributed by atoms with Crippen LogP contribution in [0, 0.1) is 0 Å². The van der Waals surface area contributed by atoms with Crippen LogP contribution in [0.4, 0.5) is 11.8 Å². The van der Waals surface area contributed by atoms with Crippen molar-refractivity contribution in [3.8, 4) is 11.3 Å². The predicted octanol–water partition coefficient (Wildman–Crippen LogP) is 2.70. The molecular weight excluding hydrogens is 422 g/mol. The van der Waals surface area contributed by atoms with Gasteiger partial charge in [0.1, 0.15) is 0 Å². The first-order valence-electron chi connectivity index (χ1n) is 11.2. The van der Waals surface area contributed by atoms with E-state index < -0.39 is 0 Å². The number of ether oxygens (including phenoxy) is 1. The van der Waals surface area contributed by atoms with Gasteiger partial charge in [-0.3, -0.25) is 4.98 Å². The van der Waals surface area contributed by atoms with E-state index in [1.807, 2.05) is 29.0 Å². The topological polar surface area (TPSA) is 114 Å². The monoisotopic (exact) mass is 449 g/mol. The van der Waals surface area contributed by atoms with Crippen LogP contribution in [0.5, 0.6) is 0 Å². The van der Waals surface area contributed by atoms with Crippen molar-refractivity contribution >= 4 is 22.9 Å². The molecule has 5 rings (SSSR count). The zero-order valence-electron chi connectivity index (χ0n) is 18.5. The smallest absolute Gasteiger partial charge is 0.229 e. The summed E-state index contributed by atoms with van der Waals surface area (Å²) in [7, 11) is 0. The first kappa shape index (κ1) is 21.4. The van der Waals surface area contributed by atoms with Crippen molar-refractivity contribution in [2.45, 2.75) is 32.5 Å². The molecular formula is C23H27N7O3. The molecule has 1 aliphatic heterocycles. The second kappa shape index (κ2) is 9.55. The standard InChI is InChI=1S/C23H27N7O3/c1-2-29-15-26-20-21(25-12-16-3-4-19(24-11-16)17-6-9-32-13-17)27-23(28-22(20)29)30-7-10-33-14-18(30)5-8-31/h3-4,6,9,11,13,15,18,31H,2,5,7-8,10,12,14H2,1H3,(H,25,27,28)/t18-/m1/s1. The highest BCUT2D eigenvalue weighted by Crippen LogP contribution is 2.26. The van der Waals surface area contributed by atoms with Gasteiger partial charge in [0.05, 0.1) is 43.8 Å². The Morgan fingerprint density at radius 3 is 2.91 bits per heavy atom. The number of anilines is 2. The van der Waals surface area contributed by atoms with Gasteiger partial charge in [0.15, 0.2) is 17.0 Å². The Morgan fingerprint density at radius 1 is 1.21 bits per heavy atom. The number of hydrogen-bond donors (Lipinski definition) is 2. The van der Waals surface area contributed by atoms with Crippen LogP contribution >= 0.6 is 0 Å². The van der Waals surface area contributed by atoms with Crippen molar-refractivity contribution in [1.29, 1.82) is 0 Å². The lowest BCUT2D eigenvalue weighted by molar-refractivity contribution is 0.0841. The van der Waals surface area contributed by atoms with Crippen LogP contribution in [0.1, 0.15) is 18.9 Å². The van der Waals surface area contributed by atoms with Crippen LogP contribution in [0.3, 0.4) is 0 Å². The van der Waals surface area contributed by atoms with Crippen LogP contribution in [0.2, 0.25) is 0 Å². The van der Waals surface area contributed by atoms with E-state index in [1.54, 1.807) is 18.9 Å². The summed E-state index contributed by atoms with van der Waals surface area (Å²) in [5.74, 6) is 1.30. The summed E-state index contributed by atoms with van der Waals surface area (Å²) >= 11 is 0. The fourth-order valence-corrected chi connectivity index (χ4v) is 4.02. The molecule has 4 aromatic heterocycles. The number of nitrogens with one attached hydrogen (secondary N) is 1. The quantitative estimate of drug-likeness (QED) is 0.419. The Hall–Kier alpha value is -3.50. The van der Waals surface area contributed by atoms with E-state index in [4.69, 9.17) is 19.1 Å². The normalized spacial score (nSPS) is 16.4. The van der Waals surface area contributed by atoms with Gasteiger partial charge in [0.2, 0.25) is 5.95 Å². The van der Waals surface area contributed by atoms with E-state index in [0.29, 0.717) is 44.5 Å². The summed E-state index contributed by atoms with van der Waals surface area (Å²) in [6.45, 7) is 5.29. The number of furan rings is 1. The summed E-state index contributed by atoms with van der Waals surface area (Å²) < 4.78 is 12.8. The molecule has 4 aromatic rings. The van der Waals surface area contributed by atoms with Crippen molar-refractivity contribution in [2.24, 2.45) is 0 Å². The summed E-state index contributed by atoms with van der Waals surface area (Å²) in [6.07, 6.45) is 7.56. The zero-order chi connectivity index (χ0) is 22.6. The van der Waals surface area contributed by atoms with Gasteiger partial charge in [0.25, 0.3) is 0 Å². The molecule has 5 heterocycles. The first-order valence-corrected chi connectivity index (χ1v) is 11.2. The number of nitrogens with zero attached hydrogens (tertiary/aromatic N) is 6. The van der Waals surface area contributed by atoms with Crippen LogP contribution in [0.25, 0.3) is 22.4 Å². The van der Waals surface area contributed by atoms with Crippen LogP contribution in [-0.2, 0) is 17.8 Å². The van der Waals surface area contributed by atoms with E-state index >= 15 is 0 Å². The highest BCUT2D eigenvalue weighted by atomic mass is 16.5. The summed E-state index contributed by atoms with van der Waals surface area (Å²) in [6, 6.07) is 5.93. The van der Waals surface area contributed by atoms with Gasteiger partial charge < -0.3 is 29.0 Å². The maximum absolute atomic E-state index is 9.49. The van der Waals surface area contributed by atoms with Gasteiger partial charge in [-0.15, -0.1) is 0 Å². The van der Waals surface area contributed by atoms with E-state index in [1.165, 1.54) is 0 Å². The second-order valence-electron chi connectivity index (χ2n) is 7.93. The molecule has 0 unspecified atom stereocenters. The fourth-order valence-electron chi connectivity index (χ4n) is 4.02. The third-order valence-corrected chi connectivity index (χ3v) is 5.84. The number of aliphatic hydroxyl groups is 1. The van der Waals surface area contributed by atoms with Crippen molar-refractivity contribution < 1.29 is 14.3 Å². The molecule has 1 fully saturated rings. The maximum Gasteiger partial charge on any atom is 0.229 e. The van der Waals surface area contributed by atoms with Gasteiger partial charge in [-0.05, 0) is 31.0 Å². The average Bonchev–Trinajstić information content (AvgIpc) is 3.54. The molecule has 0 saturated carbocycles. The number of imidazole rings is 1. The van der Waals surface area contributed by atoms with Gasteiger partial charge in [-0.25, -0.2) is 4.98 Å². The molecule has 33 heavy (non-hydrogen) atoms. The van der Waals surface area contributed by atoms with Crippen molar-refractivity contribution in [1.82, 2.24) is 24.5 Å². The Morgan fingerprint density at radius 2 is 2.15 bits per heavy atom. The minimum atomic E-state index is 0.0340.